The van der Waals surface area contributed by atoms with E-state index in [9.17, 15) is 9.59 Å². The Hall–Kier alpha value is -2.76. The Labute approximate surface area is 109 Å². The smallest absolute Gasteiger partial charge is 0.335 e. The van der Waals surface area contributed by atoms with Crippen molar-refractivity contribution in [2.75, 3.05) is 5.32 Å². The van der Waals surface area contributed by atoms with E-state index < -0.39 is 5.97 Å². The van der Waals surface area contributed by atoms with Crippen LogP contribution in [0.3, 0.4) is 0 Å². The zero-order chi connectivity index (χ0) is 13.8. The second-order valence-corrected chi connectivity index (χ2v) is 3.92. The van der Waals surface area contributed by atoms with Crippen LogP contribution in [0, 0.1) is 6.92 Å². The van der Waals surface area contributed by atoms with E-state index in [4.69, 9.17) is 5.11 Å². The summed E-state index contributed by atoms with van der Waals surface area (Å²) in [6.45, 7) is 1.73. The average molecular weight is 257 g/mol. The van der Waals surface area contributed by atoms with Gasteiger partial charge in [0.1, 0.15) is 6.33 Å². The number of carbonyl (C=O) groups excluding carboxylic acids is 1. The van der Waals surface area contributed by atoms with E-state index in [1.165, 1.54) is 30.9 Å². The monoisotopic (exact) mass is 257 g/mol. The van der Waals surface area contributed by atoms with Crippen molar-refractivity contribution >= 4 is 17.6 Å². The summed E-state index contributed by atoms with van der Waals surface area (Å²) in [4.78, 5) is 30.2. The van der Waals surface area contributed by atoms with Gasteiger partial charge in [0.2, 0.25) is 0 Å². The van der Waals surface area contributed by atoms with Gasteiger partial charge in [-0.1, -0.05) is 0 Å². The van der Waals surface area contributed by atoms with Gasteiger partial charge in [0.25, 0.3) is 5.91 Å². The molecule has 0 aliphatic carbocycles. The molecule has 6 heteroatoms. The molecule has 2 N–H and O–H groups in total. The Bertz CT molecular complexity index is 626. The maximum atomic E-state index is 11.9. The number of carboxylic acid groups (broad SMARTS) is 1. The Morgan fingerprint density at radius 1 is 1.16 bits per heavy atom. The Morgan fingerprint density at radius 3 is 2.42 bits per heavy atom. The molecule has 6 nitrogen and oxygen atoms in total. The van der Waals surface area contributed by atoms with Gasteiger partial charge in [-0.2, -0.15) is 0 Å². The fourth-order valence-corrected chi connectivity index (χ4v) is 1.55. The molecule has 19 heavy (non-hydrogen) atoms. The Balaban J connectivity index is 2.20. The molecule has 0 saturated heterocycles. The Kier molecular flexibility index (Phi) is 3.51. The maximum absolute atomic E-state index is 11.9. The molecule has 0 fully saturated rings. The van der Waals surface area contributed by atoms with E-state index >= 15 is 0 Å². The van der Waals surface area contributed by atoms with Gasteiger partial charge >= 0.3 is 5.97 Å². The van der Waals surface area contributed by atoms with Gasteiger partial charge in [-0.15, -0.1) is 0 Å². The van der Waals surface area contributed by atoms with Gasteiger partial charge in [-0.3, -0.25) is 4.79 Å². The first-order valence-corrected chi connectivity index (χ1v) is 5.48. The average Bonchev–Trinajstić information content (AvgIpc) is 2.41. The molecule has 0 radical (unpaired) electrons. The van der Waals surface area contributed by atoms with Gasteiger partial charge in [0.15, 0.2) is 0 Å². The van der Waals surface area contributed by atoms with Crippen LogP contribution in [0.2, 0.25) is 0 Å². The second kappa shape index (κ2) is 5.26. The van der Waals surface area contributed by atoms with E-state index in [1.54, 1.807) is 13.0 Å². The van der Waals surface area contributed by atoms with Crippen molar-refractivity contribution in [1.29, 1.82) is 0 Å². The third-order valence-corrected chi connectivity index (χ3v) is 2.54. The second-order valence-electron chi connectivity index (χ2n) is 3.92. The zero-order valence-corrected chi connectivity index (χ0v) is 10.1. The van der Waals surface area contributed by atoms with Crippen LogP contribution in [-0.4, -0.2) is 27.0 Å². The summed E-state index contributed by atoms with van der Waals surface area (Å²) >= 11 is 0. The van der Waals surface area contributed by atoms with Crippen LogP contribution in [-0.2, 0) is 0 Å². The number of aromatic nitrogens is 2. The predicted octanol–water partition coefficient (Wildman–Crippen LogP) is 1.74. The molecule has 0 aliphatic heterocycles. The van der Waals surface area contributed by atoms with Crippen molar-refractivity contribution in [3.63, 3.8) is 0 Å². The van der Waals surface area contributed by atoms with Crippen LogP contribution in [0.4, 0.5) is 5.69 Å². The van der Waals surface area contributed by atoms with E-state index in [0.717, 1.165) is 0 Å². The molecule has 0 atom stereocenters. The number of nitrogens with zero attached hydrogens (tertiary/aromatic N) is 2. The predicted molar refractivity (Wildman–Crippen MR) is 68.1 cm³/mol. The minimum atomic E-state index is -1.00. The zero-order valence-electron chi connectivity index (χ0n) is 10.1. The van der Waals surface area contributed by atoms with E-state index in [2.05, 4.69) is 15.3 Å². The van der Waals surface area contributed by atoms with Crippen LogP contribution < -0.4 is 5.32 Å². The van der Waals surface area contributed by atoms with Gasteiger partial charge in [0.05, 0.1) is 11.1 Å². The lowest BCUT2D eigenvalue weighted by Gasteiger charge is -2.08. The van der Waals surface area contributed by atoms with Crippen LogP contribution in [0.25, 0.3) is 0 Å². The topological polar surface area (TPSA) is 92.2 Å². The van der Waals surface area contributed by atoms with Gasteiger partial charge in [-0.05, 0) is 30.7 Å². The lowest BCUT2D eigenvalue weighted by molar-refractivity contribution is 0.0696. The number of carbonyl (C=O) groups is 2. The number of hydrogen-bond acceptors (Lipinski definition) is 4. The standard InChI is InChI=1S/C13H11N3O3/c1-8-4-9(13(18)19)2-3-11(8)16-12(17)10-5-14-7-15-6-10/h2-7H,1H3,(H,16,17)(H,18,19). The Morgan fingerprint density at radius 2 is 1.84 bits per heavy atom. The number of hydrogen-bond donors (Lipinski definition) is 2. The largest absolute Gasteiger partial charge is 0.478 e. The number of aryl methyl sites for hydroxylation is 1. The third kappa shape index (κ3) is 2.92. The summed E-state index contributed by atoms with van der Waals surface area (Å²) in [5.41, 5.74) is 1.74. The molecule has 1 aromatic heterocycles. The fourth-order valence-electron chi connectivity index (χ4n) is 1.55. The molecule has 1 aromatic carbocycles. The molecule has 0 bridgehead atoms. The number of amides is 1. The highest BCUT2D eigenvalue weighted by molar-refractivity contribution is 6.04. The number of benzene rings is 1. The van der Waals surface area contributed by atoms with Crippen molar-refractivity contribution in [2.45, 2.75) is 6.92 Å². The fraction of sp³-hybridized carbons (Fsp3) is 0.0769. The first-order chi connectivity index (χ1) is 9.08. The molecule has 0 unspecified atom stereocenters. The van der Waals surface area contributed by atoms with Crippen molar-refractivity contribution in [2.24, 2.45) is 0 Å². The first-order valence-electron chi connectivity index (χ1n) is 5.48. The van der Waals surface area contributed by atoms with Crippen LogP contribution >= 0.6 is 0 Å². The number of rotatable bonds is 3. The third-order valence-electron chi connectivity index (χ3n) is 2.54. The molecule has 0 aliphatic rings. The molecule has 0 spiro atoms. The van der Waals surface area contributed by atoms with Crippen LogP contribution in [0.15, 0.2) is 36.9 Å². The number of aromatic carboxylic acids is 1. The van der Waals surface area contributed by atoms with E-state index in [0.29, 0.717) is 16.8 Å². The van der Waals surface area contributed by atoms with E-state index in [1.807, 2.05) is 0 Å². The maximum Gasteiger partial charge on any atom is 0.335 e. The number of carboxylic acids is 1. The van der Waals surface area contributed by atoms with Crippen molar-refractivity contribution in [3.05, 3.63) is 53.6 Å². The lowest BCUT2D eigenvalue weighted by Crippen LogP contribution is -2.13. The highest BCUT2D eigenvalue weighted by Crippen LogP contribution is 2.17. The molecule has 0 saturated carbocycles. The van der Waals surface area contributed by atoms with Crippen LogP contribution in [0.1, 0.15) is 26.3 Å². The summed E-state index contributed by atoms with van der Waals surface area (Å²) in [6, 6.07) is 4.49. The molecule has 2 aromatic rings. The molecule has 1 amide bonds. The van der Waals surface area contributed by atoms with Gasteiger partial charge in [0, 0.05) is 18.1 Å². The first kappa shape index (κ1) is 12.7. The van der Waals surface area contributed by atoms with Gasteiger partial charge < -0.3 is 10.4 Å². The minimum absolute atomic E-state index is 0.179. The summed E-state index contributed by atoms with van der Waals surface area (Å²) in [6.07, 6.45) is 4.15. The molecular weight excluding hydrogens is 246 g/mol. The summed E-state index contributed by atoms with van der Waals surface area (Å²) in [5, 5.41) is 11.5. The normalized spacial score (nSPS) is 9.95. The van der Waals surface area contributed by atoms with Crippen molar-refractivity contribution in [1.82, 2.24) is 9.97 Å². The number of nitrogens with one attached hydrogen (secondary N) is 1. The molecule has 2 rings (SSSR count). The molecule has 96 valence electrons. The molecule has 1 heterocycles. The molecular formula is C13H11N3O3. The SMILES string of the molecule is Cc1cc(C(=O)O)ccc1NC(=O)c1cncnc1. The minimum Gasteiger partial charge on any atom is -0.478 e. The summed E-state index contributed by atoms with van der Waals surface area (Å²) in [7, 11) is 0. The van der Waals surface area contributed by atoms with Crippen molar-refractivity contribution < 1.29 is 14.7 Å². The number of anilines is 1. The lowest BCUT2D eigenvalue weighted by atomic mass is 10.1. The highest BCUT2D eigenvalue weighted by atomic mass is 16.4. The quantitative estimate of drug-likeness (QED) is 0.873. The summed E-state index contributed by atoms with van der Waals surface area (Å²) in [5.74, 6) is -1.34. The van der Waals surface area contributed by atoms with E-state index in [-0.39, 0.29) is 11.5 Å². The summed E-state index contributed by atoms with van der Waals surface area (Å²) < 4.78 is 0. The van der Waals surface area contributed by atoms with Gasteiger partial charge in [-0.25, -0.2) is 14.8 Å². The highest BCUT2D eigenvalue weighted by Gasteiger charge is 2.10. The van der Waals surface area contributed by atoms with Crippen molar-refractivity contribution in [3.8, 4) is 0 Å². The van der Waals surface area contributed by atoms with Crippen LogP contribution in [0.5, 0.6) is 0 Å².